The van der Waals surface area contributed by atoms with Gasteiger partial charge in [0.25, 0.3) is 0 Å². The molecule has 1 rings (SSSR count). The van der Waals surface area contributed by atoms with E-state index in [1.807, 2.05) is 0 Å². The number of carbonyl (C=O) groups is 1. The van der Waals surface area contributed by atoms with Gasteiger partial charge in [-0.25, -0.2) is 4.79 Å². The summed E-state index contributed by atoms with van der Waals surface area (Å²) in [5.41, 5.74) is 6.22. The Balaban J connectivity index is 2.47. The molecule has 0 aromatic heterocycles. The molecule has 0 aliphatic heterocycles. The Morgan fingerprint density at radius 2 is 1.94 bits per heavy atom. The summed E-state index contributed by atoms with van der Waals surface area (Å²) in [6.07, 6.45) is -0.136. The zero-order valence-corrected chi connectivity index (χ0v) is 10.6. The number of benzene rings is 1. The fourth-order valence-electron chi connectivity index (χ4n) is 1.15. The molecule has 0 heterocycles. The lowest BCUT2D eigenvalue weighted by molar-refractivity contribution is -0.149. The highest BCUT2D eigenvalue weighted by atomic mass is 32.1. The molecule has 0 fully saturated rings. The summed E-state index contributed by atoms with van der Waals surface area (Å²) in [7, 11) is 0. The first kappa shape index (κ1) is 13.4. The second kappa shape index (κ2) is 6.20. The number of hydrogen-bond donors (Lipinski definition) is 1. The molecular weight excluding hydrogens is 238 g/mol. The highest BCUT2D eigenvalue weighted by Gasteiger charge is 2.06. The van der Waals surface area contributed by atoms with Crippen LogP contribution in [-0.4, -0.2) is 23.7 Å². The molecule has 0 unspecified atom stereocenters. The quantitative estimate of drug-likeness (QED) is 0.638. The van der Waals surface area contributed by atoms with Crippen LogP contribution in [0, 0.1) is 0 Å². The third kappa shape index (κ3) is 4.82. The van der Waals surface area contributed by atoms with E-state index in [2.05, 4.69) is 0 Å². The number of rotatable bonds is 5. The minimum absolute atomic E-state index is 0.107. The predicted octanol–water partition coefficient (Wildman–Crippen LogP) is 1.65. The Hall–Kier alpha value is -1.62. The van der Waals surface area contributed by atoms with Gasteiger partial charge >= 0.3 is 5.97 Å². The molecule has 2 N–H and O–H groups in total. The molecule has 0 spiro atoms. The van der Waals surface area contributed by atoms with Crippen molar-refractivity contribution >= 4 is 23.2 Å². The van der Waals surface area contributed by atoms with Crippen molar-refractivity contribution in [2.24, 2.45) is 5.73 Å². The smallest absolute Gasteiger partial charge is 0.344 e. The maximum atomic E-state index is 11.2. The summed E-state index contributed by atoms with van der Waals surface area (Å²) in [4.78, 5) is 11.5. The first-order valence-corrected chi connectivity index (χ1v) is 5.62. The lowest BCUT2D eigenvalue weighted by Crippen LogP contribution is -2.18. The minimum Gasteiger partial charge on any atom is -0.482 e. The molecule has 0 radical (unpaired) electrons. The third-order valence-electron chi connectivity index (χ3n) is 1.86. The Morgan fingerprint density at radius 3 is 2.41 bits per heavy atom. The van der Waals surface area contributed by atoms with Crippen LogP contribution in [0.1, 0.15) is 19.4 Å². The minimum atomic E-state index is -0.390. The normalized spacial score (nSPS) is 10.1. The zero-order chi connectivity index (χ0) is 12.8. The number of esters is 1. The van der Waals surface area contributed by atoms with Crippen molar-refractivity contribution in [1.29, 1.82) is 0 Å². The monoisotopic (exact) mass is 253 g/mol. The lowest BCUT2D eigenvalue weighted by atomic mass is 10.2. The number of ether oxygens (including phenoxy) is 2. The molecule has 0 saturated heterocycles. The topological polar surface area (TPSA) is 61.5 Å². The number of carbonyl (C=O) groups excluding carboxylic acids is 1. The summed E-state index contributed by atoms with van der Waals surface area (Å²) < 4.78 is 10.2. The van der Waals surface area contributed by atoms with Crippen LogP contribution >= 0.6 is 12.2 Å². The first-order chi connectivity index (χ1) is 7.99. The van der Waals surface area contributed by atoms with E-state index in [0.717, 1.165) is 5.56 Å². The Labute approximate surface area is 106 Å². The average Bonchev–Trinajstić information content (AvgIpc) is 2.26. The molecule has 17 heavy (non-hydrogen) atoms. The third-order valence-corrected chi connectivity index (χ3v) is 2.10. The van der Waals surface area contributed by atoms with E-state index >= 15 is 0 Å². The maximum absolute atomic E-state index is 11.2. The van der Waals surface area contributed by atoms with Gasteiger partial charge in [0.2, 0.25) is 0 Å². The fourth-order valence-corrected chi connectivity index (χ4v) is 1.29. The fraction of sp³-hybridized carbons (Fsp3) is 0.333. The molecule has 0 saturated carbocycles. The van der Waals surface area contributed by atoms with E-state index < -0.39 is 5.97 Å². The lowest BCUT2D eigenvalue weighted by Gasteiger charge is -2.09. The van der Waals surface area contributed by atoms with E-state index in [1.54, 1.807) is 38.1 Å². The van der Waals surface area contributed by atoms with E-state index in [4.69, 9.17) is 27.4 Å². The summed E-state index contributed by atoms with van der Waals surface area (Å²) in [5, 5.41) is 0. The van der Waals surface area contributed by atoms with Crippen molar-refractivity contribution in [3.8, 4) is 5.75 Å². The van der Waals surface area contributed by atoms with Crippen molar-refractivity contribution in [3.63, 3.8) is 0 Å². The summed E-state index contributed by atoms with van der Waals surface area (Å²) in [6.45, 7) is 3.47. The van der Waals surface area contributed by atoms with Crippen molar-refractivity contribution < 1.29 is 14.3 Å². The standard InChI is InChI=1S/C12H15NO3S/c1-8(2)16-11(14)7-15-10-5-3-9(4-6-10)12(13)17/h3-6,8H,7H2,1-2H3,(H2,13,17). The van der Waals surface area contributed by atoms with Crippen LogP contribution in [0.3, 0.4) is 0 Å². The van der Waals surface area contributed by atoms with Crippen LogP contribution in [0.25, 0.3) is 0 Å². The molecule has 0 atom stereocenters. The van der Waals surface area contributed by atoms with Crippen LogP contribution in [0.15, 0.2) is 24.3 Å². The van der Waals surface area contributed by atoms with Crippen molar-refractivity contribution in [2.75, 3.05) is 6.61 Å². The molecule has 0 amide bonds. The van der Waals surface area contributed by atoms with E-state index in [1.165, 1.54) is 0 Å². The van der Waals surface area contributed by atoms with Crippen LogP contribution in [0.4, 0.5) is 0 Å². The van der Waals surface area contributed by atoms with Crippen molar-refractivity contribution in [2.45, 2.75) is 20.0 Å². The molecule has 92 valence electrons. The molecular formula is C12H15NO3S. The van der Waals surface area contributed by atoms with Crippen LogP contribution < -0.4 is 10.5 Å². The Bertz CT molecular complexity index is 401. The summed E-state index contributed by atoms with van der Waals surface area (Å²) >= 11 is 4.82. The van der Waals surface area contributed by atoms with Gasteiger partial charge in [0.15, 0.2) is 6.61 Å². The predicted molar refractivity (Wildman–Crippen MR) is 69.1 cm³/mol. The zero-order valence-electron chi connectivity index (χ0n) is 9.80. The van der Waals surface area contributed by atoms with Gasteiger partial charge in [0.1, 0.15) is 10.7 Å². The van der Waals surface area contributed by atoms with Crippen molar-refractivity contribution in [3.05, 3.63) is 29.8 Å². The highest BCUT2D eigenvalue weighted by Crippen LogP contribution is 2.12. The molecule has 1 aromatic rings. The molecule has 1 aromatic carbocycles. The summed E-state index contributed by atoms with van der Waals surface area (Å²) in [6, 6.07) is 6.89. The second-order valence-electron chi connectivity index (χ2n) is 3.72. The molecule has 0 bridgehead atoms. The van der Waals surface area contributed by atoms with Gasteiger partial charge in [-0.2, -0.15) is 0 Å². The Kier molecular flexibility index (Phi) is 4.90. The maximum Gasteiger partial charge on any atom is 0.344 e. The molecule has 0 aliphatic carbocycles. The van der Waals surface area contributed by atoms with Crippen LogP contribution in [-0.2, 0) is 9.53 Å². The van der Waals surface area contributed by atoms with Gasteiger partial charge in [0, 0.05) is 5.56 Å². The van der Waals surface area contributed by atoms with E-state index in [-0.39, 0.29) is 12.7 Å². The van der Waals surface area contributed by atoms with Gasteiger partial charge in [-0.05, 0) is 38.1 Å². The van der Waals surface area contributed by atoms with Crippen molar-refractivity contribution in [1.82, 2.24) is 0 Å². The number of nitrogens with two attached hydrogens (primary N) is 1. The first-order valence-electron chi connectivity index (χ1n) is 5.21. The van der Waals surface area contributed by atoms with E-state index in [0.29, 0.717) is 10.7 Å². The SMILES string of the molecule is CC(C)OC(=O)COc1ccc(C(N)=S)cc1. The molecule has 4 nitrogen and oxygen atoms in total. The summed E-state index contributed by atoms with van der Waals surface area (Å²) in [5.74, 6) is 0.184. The number of hydrogen-bond acceptors (Lipinski definition) is 4. The average molecular weight is 253 g/mol. The molecule has 5 heteroatoms. The highest BCUT2D eigenvalue weighted by molar-refractivity contribution is 7.80. The van der Waals surface area contributed by atoms with Gasteiger partial charge in [-0.1, -0.05) is 12.2 Å². The van der Waals surface area contributed by atoms with E-state index in [9.17, 15) is 4.79 Å². The second-order valence-corrected chi connectivity index (χ2v) is 4.16. The van der Waals surface area contributed by atoms with Crippen LogP contribution in [0.5, 0.6) is 5.75 Å². The van der Waals surface area contributed by atoms with Crippen LogP contribution in [0.2, 0.25) is 0 Å². The largest absolute Gasteiger partial charge is 0.482 e. The Morgan fingerprint density at radius 1 is 1.35 bits per heavy atom. The van der Waals surface area contributed by atoms with Gasteiger partial charge in [-0.3, -0.25) is 0 Å². The number of thiocarbonyl (C=S) groups is 1. The van der Waals surface area contributed by atoms with Gasteiger partial charge < -0.3 is 15.2 Å². The van der Waals surface area contributed by atoms with Gasteiger partial charge in [-0.15, -0.1) is 0 Å². The van der Waals surface area contributed by atoms with Gasteiger partial charge in [0.05, 0.1) is 6.10 Å². The molecule has 0 aliphatic rings.